The van der Waals surface area contributed by atoms with Crippen LogP contribution in [0.1, 0.15) is 17.3 Å². The van der Waals surface area contributed by atoms with E-state index in [9.17, 15) is 14.7 Å². The van der Waals surface area contributed by atoms with Gasteiger partial charge in [0, 0.05) is 17.3 Å². The predicted molar refractivity (Wildman–Crippen MR) is 80.6 cm³/mol. The Bertz CT molecular complexity index is 792. The quantitative estimate of drug-likeness (QED) is 0.582. The molecule has 0 saturated carbocycles. The predicted octanol–water partition coefficient (Wildman–Crippen LogP) is 1.30. The molecule has 2 heterocycles. The van der Waals surface area contributed by atoms with E-state index in [-0.39, 0.29) is 23.0 Å². The number of nitrogens with one attached hydrogen (secondary N) is 2. The number of hydrazine groups is 1. The van der Waals surface area contributed by atoms with Gasteiger partial charge in [-0.2, -0.15) is 5.01 Å². The summed E-state index contributed by atoms with van der Waals surface area (Å²) in [6, 6.07) is 7.13. The number of ketones is 1. The lowest BCUT2D eigenvalue weighted by atomic mass is 9.94. The van der Waals surface area contributed by atoms with Crippen molar-refractivity contribution in [2.24, 2.45) is 0 Å². The molecule has 2 unspecified atom stereocenters. The molecule has 8 heteroatoms. The Hall–Kier alpha value is -2.38. The Labute approximate surface area is 130 Å². The molecule has 0 aliphatic carbocycles. The van der Waals surface area contributed by atoms with E-state index >= 15 is 0 Å². The molecular weight excluding hydrogens is 308 g/mol. The van der Waals surface area contributed by atoms with Crippen molar-refractivity contribution in [2.75, 3.05) is 5.43 Å². The summed E-state index contributed by atoms with van der Waals surface area (Å²) in [4.78, 5) is 30.1. The van der Waals surface area contributed by atoms with Gasteiger partial charge in [-0.15, -0.1) is 0 Å². The van der Waals surface area contributed by atoms with Crippen LogP contribution >= 0.6 is 11.6 Å². The zero-order valence-corrected chi connectivity index (χ0v) is 12.3. The molecule has 114 valence electrons. The highest BCUT2D eigenvalue weighted by Crippen LogP contribution is 2.40. The van der Waals surface area contributed by atoms with Crippen molar-refractivity contribution in [3.05, 3.63) is 51.9 Å². The monoisotopic (exact) mass is 320 g/mol. The molecule has 3 rings (SSSR count). The Morgan fingerprint density at radius 2 is 2.09 bits per heavy atom. The van der Waals surface area contributed by atoms with Crippen LogP contribution in [0.2, 0.25) is 0 Å². The van der Waals surface area contributed by atoms with Crippen LogP contribution in [0.15, 0.2) is 35.1 Å². The summed E-state index contributed by atoms with van der Waals surface area (Å²) in [7, 11) is 0. The molecule has 1 aliphatic heterocycles. The lowest BCUT2D eigenvalue weighted by Crippen LogP contribution is -2.59. The molecule has 2 aromatic rings. The third-order valence-corrected chi connectivity index (χ3v) is 3.79. The Morgan fingerprint density at radius 1 is 1.36 bits per heavy atom. The molecule has 22 heavy (non-hydrogen) atoms. The topological polar surface area (TPSA) is 98.3 Å². The highest BCUT2D eigenvalue weighted by molar-refractivity contribution is 6.34. The number of para-hydroxylation sites is 1. The van der Waals surface area contributed by atoms with Gasteiger partial charge in [0.15, 0.2) is 11.3 Å². The molecule has 0 spiro atoms. The Morgan fingerprint density at radius 3 is 2.77 bits per heavy atom. The van der Waals surface area contributed by atoms with Crippen LogP contribution in [0.4, 0.5) is 5.95 Å². The summed E-state index contributed by atoms with van der Waals surface area (Å²) >= 11 is 6.00. The van der Waals surface area contributed by atoms with E-state index in [0.717, 1.165) is 0 Å². The van der Waals surface area contributed by atoms with Gasteiger partial charge in [-0.25, -0.2) is 4.98 Å². The molecule has 1 aliphatic rings. The number of benzene rings is 1. The SMILES string of the molecule is Cc1cc(=O)[nH]c(NN2C(Cl)C(=O)C2c2ccccc2O)n1. The molecule has 0 radical (unpaired) electrons. The van der Waals surface area contributed by atoms with Gasteiger partial charge in [-0.05, 0) is 13.0 Å². The summed E-state index contributed by atoms with van der Waals surface area (Å²) in [5.41, 5.74) is 2.57. The van der Waals surface area contributed by atoms with E-state index in [4.69, 9.17) is 11.6 Å². The highest BCUT2D eigenvalue weighted by Gasteiger charge is 2.49. The number of aromatic nitrogens is 2. The number of nitrogens with zero attached hydrogens (tertiary/aromatic N) is 2. The van der Waals surface area contributed by atoms with E-state index in [2.05, 4.69) is 15.4 Å². The van der Waals surface area contributed by atoms with Gasteiger partial charge in [0.05, 0.1) is 0 Å². The number of Topliss-reactive ketones (excluding diaryl/α,β-unsaturated/α-hetero) is 1. The van der Waals surface area contributed by atoms with Gasteiger partial charge in [-0.1, -0.05) is 29.8 Å². The average molecular weight is 321 g/mol. The number of halogens is 1. The number of carbonyl (C=O) groups excluding carboxylic acids is 1. The maximum atomic E-state index is 12.0. The van der Waals surface area contributed by atoms with Crippen LogP contribution < -0.4 is 11.0 Å². The molecule has 7 nitrogen and oxygen atoms in total. The van der Waals surface area contributed by atoms with Crippen LogP contribution in [0.5, 0.6) is 5.75 Å². The second-order valence-electron chi connectivity index (χ2n) is 4.95. The van der Waals surface area contributed by atoms with Crippen LogP contribution in [0.3, 0.4) is 0 Å². The minimum absolute atomic E-state index is 0.00177. The largest absolute Gasteiger partial charge is 0.508 e. The van der Waals surface area contributed by atoms with Crippen molar-refractivity contribution in [1.29, 1.82) is 0 Å². The first-order valence-electron chi connectivity index (χ1n) is 6.56. The maximum Gasteiger partial charge on any atom is 0.252 e. The molecule has 1 aromatic heterocycles. The van der Waals surface area contributed by atoms with E-state index in [0.29, 0.717) is 11.3 Å². The third kappa shape index (κ3) is 2.44. The van der Waals surface area contributed by atoms with Gasteiger partial charge >= 0.3 is 0 Å². The van der Waals surface area contributed by atoms with Gasteiger partial charge in [0.2, 0.25) is 5.95 Å². The number of aromatic hydroxyl groups is 1. The van der Waals surface area contributed by atoms with Crippen LogP contribution in [-0.2, 0) is 4.79 Å². The van der Waals surface area contributed by atoms with Gasteiger partial charge in [0.1, 0.15) is 11.8 Å². The van der Waals surface area contributed by atoms with Crippen molar-refractivity contribution < 1.29 is 9.90 Å². The smallest absolute Gasteiger partial charge is 0.252 e. The van der Waals surface area contributed by atoms with Crippen molar-refractivity contribution in [1.82, 2.24) is 15.0 Å². The number of rotatable bonds is 3. The standard InChI is InChI=1S/C14H13ClN4O3/c1-7-6-10(21)17-14(16-7)18-19-11(12(22)13(19)15)8-4-2-3-5-9(8)20/h2-6,11,13,20H,1H3,(H2,16,17,18,21). The van der Waals surface area contributed by atoms with Gasteiger partial charge in [0.25, 0.3) is 5.56 Å². The average Bonchev–Trinajstić information content (AvgIpc) is 2.47. The normalized spacial score (nSPS) is 21.5. The number of phenolic OH excluding ortho intramolecular Hbond substituents is 1. The van der Waals surface area contributed by atoms with Crippen molar-refractivity contribution >= 4 is 23.3 Å². The van der Waals surface area contributed by atoms with E-state index in [1.165, 1.54) is 17.1 Å². The maximum absolute atomic E-state index is 12.0. The van der Waals surface area contributed by atoms with Crippen molar-refractivity contribution in [3.8, 4) is 5.75 Å². The number of carbonyl (C=O) groups is 1. The molecule has 2 atom stereocenters. The number of aromatic amines is 1. The minimum Gasteiger partial charge on any atom is -0.508 e. The lowest BCUT2D eigenvalue weighted by Gasteiger charge is -2.43. The van der Waals surface area contributed by atoms with Gasteiger partial charge < -0.3 is 5.11 Å². The molecule has 3 N–H and O–H groups in total. The van der Waals surface area contributed by atoms with Crippen LogP contribution in [0.25, 0.3) is 0 Å². The third-order valence-electron chi connectivity index (χ3n) is 3.36. The summed E-state index contributed by atoms with van der Waals surface area (Å²) in [5, 5.41) is 11.3. The zero-order chi connectivity index (χ0) is 15.9. The van der Waals surface area contributed by atoms with Crippen molar-refractivity contribution in [3.63, 3.8) is 0 Å². The first-order valence-corrected chi connectivity index (χ1v) is 6.99. The fraction of sp³-hybridized carbons (Fsp3) is 0.214. The number of anilines is 1. The summed E-state index contributed by atoms with van der Waals surface area (Å²) < 4.78 is 0. The minimum atomic E-state index is -0.907. The van der Waals surface area contributed by atoms with E-state index in [1.54, 1.807) is 25.1 Å². The van der Waals surface area contributed by atoms with Crippen LogP contribution in [0, 0.1) is 6.92 Å². The number of H-pyrrole nitrogens is 1. The summed E-state index contributed by atoms with van der Waals surface area (Å²) in [5.74, 6) is -0.0591. The number of aryl methyl sites for hydroxylation is 1. The molecule has 1 aromatic carbocycles. The molecule has 1 fully saturated rings. The number of alkyl halides is 1. The Balaban J connectivity index is 1.90. The number of hydrogen-bond acceptors (Lipinski definition) is 6. The molecule has 0 bridgehead atoms. The molecular formula is C14H13ClN4O3. The number of phenols is 1. The first kappa shape index (κ1) is 14.6. The zero-order valence-electron chi connectivity index (χ0n) is 11.6. The second-order valence-corrected chi connectivity index (χ2v) is 5.37. The highest BCUT2D eigenvalue weighted by atomic mass is 35.5. The second kappa shape index (κ2) is 5.43. The fourth-order valence-electron chi connectivity index (χ4n) is 2.35. The van der Waals surface area contributed by atoms with Crippen LogP contribution in [-0.4, -0.2) is 31.4 Å². The number of hydrogen-bond donors (Lipinski definition) is 3. The van der Waals surface area contributed by atoms with Crippen molar-refractivity contribution in [2.45, 2.75) is 18.5 Å². The molecule has 0 amide bonds. The fourth-order valence-corrected chi connectivity index (χ4v) is 2.63. The van der Waals surface area contributed by atoms with E-state index in [1.807, 2.05) is 0 Å². The summed E-state index contributed by atoms with van der Waals surface area (Å²) in [6.07, 6.45) is 0. The lowest BCUT2D eigenvalue weighted by molar-refractivity contribution is -0.138. The Kier molecular flexibility index (Phi) is 3.59. The first-order chi connectivity index (χ1) is 10.5. The van der Waals surface area contributed by atoms with E-state index < -0.39 is 11.5 Å². The van der Waals surface area contributed by atoms with Gasteiger partial charge in [-0.3, -0.25) is 20.0 Å². The summed E-state index contributed by atoms with van der Waals surface area (Å²) in [6.45, 7) is 1.68. The molecule has 1 saturated heterocycles.